The lowest BCUT2D eigenvalue weighted by Gasteiger charge is -2.21. The molecule has 20 heavy (non-hydrogen) atoms. The van der Waals surface area contributed by atoms with Gasteiger partial charge in [0.15, 0.2) is 0 Å². The van der Waals surface area contributed by atoms with Crippen molar-refractivity contribution in [3.8, 4) is 0 Å². The van der Waals surface area contributed by atoms with Crippen LogP contribution in [0.5, 0.6) is 0 Å². The molecule has 0 rings (SSSR count). The lowest BCUT2D eigenvalue weighted by Crippen LogP contribution is -2.48. The number of amides is 2. The van der Waals surface area contributed by atoms with E-state index in [9.17, 15) is 14.4 Å². The molecule has 5 nitrogen and oxygen atoms in total. The van der Waals surface area contributed by atoms with E-state index in [1.807, 2.05) is 6.92 Å². The summed E-state index contributed by atoms with van der Waals surface area (Å²) in [5.74, 6) is -1.01. The molecular weight excluding hydrogens is 256 g/mol. The molecule has 0 saturated carbocycles. The van der Waals surface area contributed by atoms with Gasteiger partial charge < -0.3 is 10.6 Å². The number of ketones is 1. The molecule has 2 amide bonds. The second-order valence-corrected chi connectivity index (χ2v) is 5.43. The normalized spacial score (nSPS) is 13.7. The van der Waals surface area contributed by atoms with Gasteiger partial charge in [0.1, 0.15) is 0 Å². The summed E-state index contributed by atoms with van der Waals surface area (Å²) >= 11 is 0. The molecule has 5 heteroatoms. The fraction of sp³-hybridized carbons (Fsp3) is 0.800. The van der Waals surface area contributed by atoms with Gasteiger partial charge in [0.25, 0.3) is 5.91 Å². The van der Waals surface area contributed by atoms with Gasteiger partial charge in [-0.05, 0) is 32.1 Å². The zero-order valence-electron chi connectivity index (χ0n) is 13.3. The van der Waals surface area contributed by atoms with Crippen LogP contribution in [-0.2, 0) is 14.4 Å². The number of hydrogen-bond donors (Lipinski definition) is 2. The average molecular weight is 284 g/mol. The maximum Gasteiger partial charge on any atom is 0.289 e. The number of rotatable bonds is 9. The van der Waals surface area contributed by atoms with Crippen LogP contribution in [0.3, 0.4) is 0 Å². The Kier molecular flexibility index (Phi) is 8.84. The lowest BCUT2D eigenvalue weighted by molar-refractivity contribution is -0.140. The van der Waals surface area contributed by atoms with Gasteiger partial charge in [-0.3, -0.25) is 14.4 Å². The zero-order chi connectivity index (χ0) is 15.7. The van der Waals surface area contributed by atoms with Gasteiger partial charge in [0.05, 0.1) is 6.04 Å². The van der Waals surface area contributed by atoms with E-state index in [1.54, 1.807) is 13.8 Å². The molecule has 116 valence electrons. The van der Waals surface area contributed by atoms with E-state index in [0.29, 0.717) is 18.9 Å². The summed E-state index contributed by atoms with van der Waals surface area (Å²) in [4.78, 5) is 35.6. The van der Waals surface area contributed by atoms with Crippen LogP contribution in [0.4, 0.5) is 0 Å². The van der Waals surface area contributed by atoms with Gasteiger partial charge in [0.2, 0.25) is 11.7 Å². The van der Waals surface area contributed by atoms with Crippen molar-refractivity contribution >= 4 is 17.6 Å². The summed E-state index contributed by atoms with van der Waals surface area (Å²) in [6, 6.07) is -0.727. The van der Waals surface area contributed by atoms with Crippen LogP contribution >= 0.6 is 0 Å². The zero-order valence-corrected chi connectivity index (χ0v) is 13.3. The fourth-order valence-electron chi connectivity index (χ4n) is 2.08. The molecule has 0 aliphatic rings. The molecule has 1 unspecified atom stereocenters. The first-order chi connectivity index (χ1) is 9.37. The number of likely N-dealkylation sites (N-methyl/N-ethyl adjacent to an activating group) is 1. The molecule has 0 heterocycles. The Morgan fingerprint density at radius 1 is 1.00 bits per heavy atom. The predicted octanol–water partition coefficient (Wildman–Crippen LogP) is 1.66. The van der Waals surface area contributed by atoms with Crippen molar-refractivity contribution in [1.82, 2.24) is 10.6 Å². The molecule has 0 spiro atoms. The lowest BCUT2D eigenvalue weighted by atomic mass is 9.93. The molecule has 0 aliphatic heterocycles. The van der Waals surface area contributed by atoms with Gasteiger partial charge in [-0.2, -0.15) is 0 Å². The van der Waals surface area contributed by atoms with Gasteiger partial charge in [-0.15, -0.1) is 0 Å². The Morgan fingerprint density at radius 2 is 1.60 bits per heavy atom. The fourth-order valence-corrected chi connectivity index (χ4v) is 2.08. The van der Waals surface area contributed by atoms with E-state index < -0.39 is 17.7 Å². The minimum absolute atomic E-state index is 0.105. The van der Waals surface area contributed by atoms with E-state index >= 15 is 0 Å². The average Bonchev–Trinajstić information content (AvgIpc) is 2.40. The van der Waals surface area contributed by atoms with Crippen LogP contribution in [0.1, 0.15) is 53.9 Å². The Bertz CT molecular complexity index is 340. The number of Topliss-reactive ketones (excluding diaryl/α,β-unsaturated/α-hetero) is 1. The third kappa shape index (κ3) is 6.17. The highest BCUT2D eigenvalue weighted by Crippen LogP contribution is 2.15. The smallest absolute Gasteiger partial charge is 0.289 e. The first kappa shape index (κ1) is 18.6. The molecule has 2 atom stereocenters. The van der Waals surface area contributed by atoms with E-state index in [0.717, 1.165) is 12.8 Å². The van der Waals surface area contributed by atoms with Crippen LogP contribution in [0.25, 0.3) is 0 Å². The molecule has 0 aromatic rings. The molecule has 0 fully saturated rings. The summed E-state index contributed by atoms with van der Waals surface area (Å²) in [5, 5.41) is 5.18. The third-order valence-corrected chi connectivity index (χ3v) is 3.22. The van der Waals surface area contributed by atoms with E-state index in [2.05, 4.69) is 24.5 Å². The molecule has 2 N–H and O–H groups in total. The number of carbonyl (C=O) groups excluding carboxylic acids is 3. The van der Waals surface area contributed by atoms with Crippen molar-refractivity contribution in [3.05, 3.63) is 0 Å². The second-order valence-electron chi connectivity index (χ2n) is 5.43. The maximum atomic E-state index is 12.2. The minimum Gasteiger partial charge on any atom is -0.350 e. The molecule has 0 aliphatic carbocycles. The molecule has 0 aromatic heterocycles. The summed E-state index contributed by atoms with van der Waals surface area (Å²) in [6.07, 6.45) is 1.93. The maximum absolute atomic E-state index is 12.2. The Balaban J connectivity index is 4.65. The predicted molar refractivity (Wildman–Crippen MR) is 79.1 cm³/mol. The van der Waals surface area contributed by atoms with Crippen LogP contribution in [-0.4, -0.2) is 30.2 Å². The minimum atomic E-state index is -0.727. The summed E-state index contributed by atoms with van der Waals surface area (Å²) < 4.78 is 0. The Labute approximate surface area is 121 Å². The van der Waals surface area contributed by atoms with E-state index in [-0.39, 0.29) is 11.8 Å². The van der Waals surface area contributed by atoms with Crippen molar-refractivity contribution in [1.29, 1.82) is 0 Å². The Morgan fingerprint density at radius 3 is 2.00 bits per heavy atom. The van der Waals surface area contributed by atoms with E-state index in [4.69, 9.17) is 0 Å². The van der Waals surface area contributed by atoms with Crippen molar-refractivity contribution in [2.45, 2.75) is 59.9 Å². The first-order valence-corrected chi connectivity index (χ1v) is 7.49. The van der Waals surface area contributed by atoms with Gasteiger partial charge >= 0.3 is 0 Å². The van der Waals surface area contributed by atoms with Crippen molar-refractivity contribution < 1.29 is 14.4 Å². The highest BCUT2D eigenvalue weighted by atomic mass is 16.2. The van der Waals surface area contributed by atoms with Crippen molar-refractivity contribution in [3.63, 3.8) is 0 Å². The highest BCUT2D eigenvalue weighted by Gasteiger charge is 2.27. The van der Waals surface area contributed by atoms with Gasteiger partial charge in [-0.1, -0.05) is 27.7 Å². The molecule has 0 bridgehead atoms. The summed E-state index contributed by atoms with van der Waals surface area (Å²) in [5.41, 5.74) is 0. The van der Waals surface area contributed by atoms with Gasteiger partial charge in [-0.25, -0.2) is 0 Å². The van der Waals surface area contributed by atoms with Crippen molar-refractivity contribution in [2.24, 2.45) is 11.8 Å². The highest BCUT2D eigenvalue weighted by molar-refractivity contribution is 6.38. The second kappa shape index (κ2) is 9.50. The van der Waals surface area contributed by atoms with E-state index in [1.165, 1.54) is 0 Å². The SMILES string of the molecule is CCNC(=O)C(=O)C(CC)NC(=O)[C@@H](CC)CC(C)C. The molecular formula is C15H28N2O3. The van der Waals surface area contributed by atoms with Gasteiger partial charge in [0, 0.05) is 12.5 Å². The molecule has 0 aromatic carbocycles. The van der Waals surface area contributed by atoms with Crippen LogP contribution in [0.15, 0.2) is 0 Å². The molecule has 0 radical (unpaired) electrons. The quantitative estimate of drug-likeness (QED) is 0.632. The Hall–Kier alpha value is -1.39. The standard InChI is InChI=1S/C15H28N2O3/c1-6-11(9-10(4)5)14(19)17-12(7-2)13(18)15(20)16-8-3/h10-12H,6-9H2,1-5H3,(H,16,20)(H,17,19)/t11-,12?/m0/s1. The first-order valence-electron chi connectivity index (χ1n) is 7.49. The van der Waals surface area contributed by atoms with Crippen LogP contribution in [0.2, 0.25) is 0 Å². The van der Waals surface area contributed by atoms with Crippen LogP contribution in [0, 0.1) is 11.8 Å². The topological polar surface area (TPSA) is 75.3 Å². The largest absolute Gasteiger partial charge is 0.350 e. The monoisotopic (exact) mass is 284 g/mol. The molecule has 0 saturated heterocycles. The third-order valence-electron chi connectivity index (χ3n) is 3.22. The number of hydrogen-bond acceptors (Lipinski definition) is 3. The summed E-state index contributed by atoms with van der Waals surface area (Å²) in [6.45, 7) is 10.0. The van der Waals surface area contributed by atoms with Crippen molar-refractivity contribution in [2.75, 3.05) is 6.54 Å². The van der Waals surface area contributed by atoms with Crippen LogP contribution < -0.4 is 10.6 Å². The summed E-state index contributed by atoms with van der Waals surface area (Å²) in [7, 11) is 0. The number of nitrogens with one attached hydrogen (secondary N) is 2. The number of carbonyl (C=O) groups is 3.